The van der Waals surface area contributed by atoms with Crippen LogP contribution in [0.5, 0.6) is 0 Å². The molecule has 1 atom stereocenters. The van der Waals surface area contributed by atoms with Crippen LogP contribution in [0.1, 0.15) is 25.7 Å². The van der Waals surface area contributed by atoms with Gasteiger partial charge < -0.3 is 9.64 Å². The standard InChI is InChI=1S/C11H22NO/c1-3-5-11-6-4-7-12(10-11)8-9-13-2/h11H,1,3-10H2,2H3. The minimum atomic E-state index is 0.872. The lowest BCUT2D eigenvalue weighted by Gasteiger charge is -2.32. The van der Waals surface area contributed by atoms with E-state index in [0.717, 1.165) is 25.5 Å². The number of hydrogen-bond donors (Lipinski definition) is 0. The summed E-state index contributed by atoms with van der Waals surface area (Å²) in [5, 5.41) is 0. The normalized spacial score (nSPS) is 24.9. The molecule has 0 N–H and O–H groups in total. The maximum atomic E-state index is 5.09. The third kappa shape index (κ3) is 4.10. The molecule has 2 nitrogen and oxygen atoms in total. The molecule has 0 amide bonds. The first-order chi connectivity index (χ1) is 6.36. The molecule has 1 saturated heterocycles. The third-order valence-electron chi connectivity index (χ3n) is 2.83. The second-order valence-electron chi connectivity index (χ2n) is 3.94. The Hall–Kier alpha value is -0.0800. The third-order valence-corrected chi connectivity index (χ3v) is 2.83. The Balaban J connectivity index is 2.16. The fourth-order valence-electron chi connectivity index (χ4n) is 2.10. The van der Waals surface area contributed by atoms with Gasteiger partial charge in [0.2, 0.25) is 0 Å². The highest BCUT2D eigenvalue weighted by Gasteiger charge is 2.18. The van der Waals surface area contributed by atoms with E-state index in [0.29, 0.717) is 0 Å². The van der Waals surface area contributed by atoms with E-state index in [-0.39, 0.29) is 0 Å². The number of nitrogens with zero attached hydrogens (tertiary/aromatic N) is 1. The van der Waals surface area contributed by atoms with Crippen LogP contribution >= 0.6 is 0 Å². The van der Waals surface area contributed by atoms with Crippen molar-refractivity contribution in [3.63, 3.8) is 0 Å². The van der Waals surface area contributed by atoms with Crippen molar-refractivity contribution in [2.45, 2.75) is 25.7 Å². The van der Waals surface area contributed by atoms with Gasteiger partial charge in [-0.15, -0.1) is 0 Å². The van der Waals surface area contributed by atoms with Crippen LogP contribution < -0.4 is 0 Å². The van der Waals surface area contributed by atoms with Crippen LogP contribution in [0.25, 0.3) is 0 Å². The van der Waals surface area contributed by atoms with Gasteiger partial charge in [0.05, 0.1) is 6.61 Å². The van der Waals surface area contributed by atoms with E-state index in [4.69, 9.17) is 4.74 Å². The molecule has 0 saturated carbocycles. The van der Waals surface area contributed by atoms with Crippen molar-refractivity contribution in [1.29, 1.82) is 0 Å². The minimum Gasteiger partial charge on any atom is -0.383 e. The van der Waals surface area contributed by atoms with E-state index in [1.165, 1.54) is 32.4 Å². The molecule has 0 aromatic rings. The Bertz CT molecular complexity index is 125. The highest BCUT2D eigenvalue weighted by Crippen LogP contribution is 2.20. The first-order valence-corrected chi connectivity index (χ1v) is 5.37. The molecule has 77 valence electrons. The summed E-state index contributed by atoms with van der Waals surface area (Å²) >= 11 is 0. The zero-order chi connectivity index (χ0) is 9.52. The Morgan fingerprint density at radius 3 is 3.08 bits per heavy atom. The largest absolute Gasteiger partial charge is 0.383 e. The van der Waals surface area contributed by atoms with Crippen molar-refractivity contribution >= 4 is 0 Å². The molecular formula is C11H22NO. The smallest absolute Gasteiger partial charge is 0.0589 e. The molecule has 0 aromatic heterocycles. The second-order valence-corrected chi connectivity index (χ2v) is 3.94. The molecule has 1 radical (unpaired) electrons. The molecule has 1 heterocycles. The van der Waals surface area contributed by atoms with E-state index in [1.54, 1.807) is 7.11 Å². The van der Waals surface area contributed by atoms with Crippen LogP contribution in [0.15, 0.2) is 0 Å². The summed E-state index contributed by atoms with van der Waals surface area (Å²) in [7, 11) is 1.78. The molecular weight excluding hydrogens is 162 g/mol. The van der Waals surface area contributed by atoms with E-state index in [2.05, 4.69) is 11.8 Å². The van der Waals surface area contributed by atoms with E-state index in [1.807, 2.05) is 0 Å². The van der Waals surface area contributed by atoms with Crippen LogP contribution in [-0.4, -0.2) is 38.3 Å². The number of rotatable bonds is 5. The fraction of sp³-hybridized carbons (Fsp3) is 0.909. The van der Waals surface area contributed by atoms with E-state index >= 15 is 0 Å². The number of methoxy groups -OCH3 is 1. The Kier molecular flexibility index (Phi) is 5.40. The number of ether oxygens (including phenoxy) is 1. The predicted octanol–water partition coefficient (Wildman–Crippen LogP) is 1.96. The average molecular weight is 184 g/mol. The number of hydrogen-bond acceptors (Lipinski definition) is 2. The predicted molar refractivity (Wildman–Crippen MR) is 55.6 cm³/mol. The van der Waals surface area contributed by atoms with Gasteiger partial charge in [0.15, 0.2) is 0 Å². The summed E-state index contributed by atoms with van der Waals surface area (Å²) in [5.74, 6) is 0.892. The summed E-state index contributed by atoms with van der Waals surface area (Å²) in [6.07, 6.45) is 5.14. The maximum Gasteiger partial charge on any atom is 0.0589 e. The summed E-state index contributed by atoms with van der Waals surface area (Å²) in [5.41, 5.74) is 0. The molecule has 13 heavy (non-hydrogen) atoms. The SMILES string of the molecule is [CH2]CCC1CCCN(CCOC)C1. The Morgan fingerprint density at radius 1 is 1.54 bits per heavy atom. The molecule has 0 aliphatic carbocycles. The van der Waals surface area contributed by atoms with Gasteiger partial charge in [-0.3, -0.25) is 0 Å². The Labute approximate surface area is 82.3 Å². The highest BCUT2D eigenvalue weighted by atomic mass is 16.5. The van der Waals surface area contributed by atoms with Gasteiger partial charge in [0.1, 0.15) is 0 Å². The summed E-state index contributed by atoms with van der Waals surface area (Å²) in [4.78, 5) is 2.52. The first-order valence-electron chi connectivity index (χ1n) is 5.37. The molecule has 1 fully saturated rings. The molecule has 1 aliphatic heterocycles. The minimum absolute atomic E-state index is 0.872. The van der Waals surface area contributed by atoms with Crippen molar-refractivity contribution < 1.29 is 4.74 Å². The second kappa shape index (κ2) is 6.39. The maximum absolute atomic E-state index is 5.09. The summed E-state index contributed by atoms with van der Waals surface area (Å²) in [6, 6.07) is 0. The van der Waals surface area contributed by atoms with Crippen molar-refractivity contribution in [1.82, 2.24) is 4.90 Å². The van der Waals surface area contributed by atoms with Gasteiger partial charge >= 0.3 is 0 Å². The first kappa shape index (κ1) is 11.0. The van der Waals surface area contributed by atoms with Gasteiger partial charge in [-0.2, -0.15) is 0 Å². The molecule has 0 spiro atoms. The number of likely N-dealkylation sites (tertiary alicyclic amines) is 1. The van der Waals surface area contributed by atoms with Crippen molar-refractivity contribution in [3.8, 4) is 0 Å². The zero-order valence-corrected chi connectivity index (χ0v) is 8.80. The zero-order valence-electron chi connectivity index (χ0n) is 8.80. The Morgan fingerprint density at radius 2 is 2.38 bits per heavy atom. The molecule has 1 aliphatic rings. The van der Waals surface area contributed by atoms with E-state index in [9.17, 15) is 0 Å². The lowest BCUT2D eigenvalue weighted by atomic mass is 9.94. The van der Waals surface area contributed by atoms with Crippen molar-refractivity contribution in [2.24, 2.45) is 5.92 Å². The topological polar surface area (TPSA) is 12.5 Å². The molecule has 1 unspecified atom stereocenters. The lowest BCUT2D eigenvalue weighted by Crippen LogP contribution is -2.37. The van der Waals surface area contributed by atoms with Gasteiger partial charge in [-0.05, 0) is 31.7 Å². The summed E-state index contributed by atoms with van der Waals surface area (Å²) in [6.45, 7) is 8.42. The lowest BCUT2D eigenvalue weighted by molar-refractivity contribution is 0.112. The summed E-state index contributed by atoms with van der Waals surface area (Å²) < 4.78 is 5.09. The molecule has 0 aromatic carbocycles. The molecule has 2 heteroatoms. The quantitative estimate of drug-likeness (QED) is 0.647. The molecule has 0 bridgehead atoms. The van der Waals surface area contributed by atoms with Gasteiger partial charge in [0, 0.05) is 20.2 Å². The van der Waals surface area contributed by atoms with Crippen molar-refractivity contribution in [2.75, 3.05) is 33.4 Å². The highest BCUT2D eigenvalue weighted by molar-refractivity contribution is 4.72. The fourth-order valence-corrected chi connectivity index (χ4v) is 2.10. The van der Waals surface area contributed by atoms with E-state index < -0.39 is 0 Å². The monoisotopic (exact) mass is 184 g/mol. The van der Waals surface area contributed by atoms with Gasteiger partial charge in [-0.25, -0.2) is 0 Å². The van der Waals surface area contributed by atoms with Gasteiger partial charge in [-0.1, -0.05) is 13.3 Å². The van der Waals surface area contributed by atoms with Crippen LogP contribution in [-0.2, 0) is 4.74 Å². The van der Waals surface area contributed by atoms with Crippen LogP contribution in [0.4, 0.5) is 0 Å². The van der Waals surface area contributed by atoms with Crippen molar-refractivity contribution in [3.05, 3.63) is 6.92 Å². The van der Waals surface area contributed by atoms with Gasteiger partial charge in [0.25, 0.3) is 0 Å². The van der Waals surface area contributed by atoms with Crippen LogP contribution in [0, 0.1) is 12.8 Å². The number of piperidine rings is 1. The molecule has 1 rings (SSSR count). The van der Waals surface area contributed by atoms with Crippen LogP contribution in [0.3, 0.4) is 0 Å². The van der Waals surface area contributed by atoms with Crippen LogP contribution in [0.2, 0.25) is 0 Å². The average Bonchev–Trinajstić information content (AvgIpc) is 2.16.